The van der Waals surface area contributed by atoms with Gasteiger partial charge in [-0.1, -0.05) is 6.42 Å². The number of fused-ring (bicyclic) bond motifs is 1. The Bertz CT molecular complexity index is 1930. The Hall–Kier alpha value is -1.89. The van der Waals surface area contributed by atoms with Crippen molar-refractivity contribution in [2.24, 2.45) is 0 Å². The molecule has 53 heavy (non-hydrogen) atoms. The van der Waals surface area contributed by atoms with Crippen LogP contribution in [0.5, 0.6) is 0 Å². The number of thioether (sulfide) groups is 1. The molecule has 0 aliphatic carbocycles. The molecule has 17 nitrogen and oxygen atoms in total. The molecule has 4 unspecified atom stereocenters. The Labute approximate surface area is 355 Å². The number of benzene rings is 2. The number of imide groups is 1. The third-order valence-electron chi connectivity index (χ3n) is 9.64. The fourth-order valence-corrected chi connectivity index (χ4v) is 9.58. The zero-order valence-electron chi connectivity index (χ0n) is 29.5. The summed E-state index contributed by atoms with van der Waals surface area (Å²) in [7, 11) is -10.4. The largest absolute Gasteiger partial charge is 1.00 e. The number of nitrogens with zero attached hydrogens (tertiary/aromatic N) is 1. The predicted molar refractivity (Wildman–Crippen MR) is 189 cm³/mol. The van der Waals surface area contributed by atoms with Crippen LogP contribution in [0.25, 0.3) is 10.8 Å². The summed E-state index contributed by atoms with van der Waals surface area (Å²) in [5.74, 6) is -1.01. The van der Waals surface area contributed by atoms with Crippen molar-refractivity contribution in [3.63, 3.8) is 0 Å². The summed E-state index contributed by atoms with van der Waals surface area (Å²) in [6.07, 6.45) is 6.93. The number of nitrogens with one attached hydrogen (secondary N) is 4. The van der Waals surface area contributed by atoms with Crippen LogP contribution in [0.3, 0.4) is 0 Å². The second-order valence-electron chi connectivity index (χ2n) is 13.3. The van der Waals surface area contributed by atoms with E-state index in [9.17, 15) is 45.1 Å². The quantitative estimate of drug-likeness (QED) is 0.0204. The van der Waals surface area contributed by atoms with Gasteiger partial charge >= 0.3 is 57.4 Å². The van der Waals surface area contributed by atoms with E-state index in [1.807, 2.05) is 11.8 Å². The first-order chi connectivity index (χ1) is 24.6. The molecule has 0 saturated carbocycles. The molecule has 5 amide bonds. The summed E-state index contributed by atoms with van der Waals surface area (Å²) in [4.78, 5) is 49.7. The maximum absolute atomic E-state index is 13.3. The van der Waals surface area contributed by atoms with Gasteiger partial charge < -0.3 is 41.8 Å². The third kappa shape index (κ3) is 10.7. The van der Waals surface area contributed by atoms with Crippen LogP contribution in [0.15, 0.2) is 28.0 Å². The van der Waals surface area contributed by atoms with Gasteiger partial charge in [-0.3, -0.25) is 19.3 Å². The number of hydrogen-bond acceptors (Lipinski definition) is 13. The van der Waals surface area contributed by atoms with E-state index in [-0.39, 0.29) is 104 Å². The van der Waals surface area contributed by atoms with Crippen molar-refractivity contribution < 1.29 is 102 Å². The van der Waals surface area contributed by atoms with Crippen LogP contribution in [0, 0.1) is 0 Å². The maximum Gasteiger partial charge on any atom is 1.00 e. The molecular formula is C32H44KN7O10S3. The van der Waals surface area contributed by atoms with Crippen molar-refractivity contribution in [3.8, 4) is 0 Å². The van der Waals surface area contributed by atoms with Crippen LogP contribution in [-0.4, -0.2) is 110 Å². The van der Waals surface area contributed by atoms with Gasteiger partial charge in [-0.2, -0.15) is 11.8 Å². The first kappa shape index (κ1) is 43.8. The van der Waals surface area contributed by atoms with E-state index in [0.717, 1.165) is 74.0 Å². The molecule has 5 rings (SSSR count). The van der Waals surface area contributed by atoms with Gasteiger partial charge in [0.2, 0.25) is 0 Å². The van der Waals surface area contributed by atoms with Crippen molar-refractivity contribution in [2.45, 2.75) is 91.0 Å². The topological polar surface area (TPSA) is 288 Å². The number of hydrogen-bond donors (Lipinski definition) is 6. The molecule has 2 fully saturated rings. The molecule has 2 aromatic rings. The summed E-state index contributed by atoms with van der Waals surface area (Å²) in [5, 5.41) is 12.2. The molecular weight excluding hydrogens is 778 g/mol. The van der Waals surface area contributed by atoms with Gasteiger partial charge in [-0.15, -0.1) is 0 Å². The number of nitrogens with two attached hydrogens (primary N) is 1. The molecule has 21 heteroatoms. The van der Waals surface area contributed by atoms with Crippen LogP contribution < -0.4 is 84.1 Å². The van der Waals surface area contributed by atoms with Crippen LogP contribution in [0.1, 0.15) is 78.5 Å². The number of rotatable bonds is 19. The molecule has 9 N–H and O–H groups in total. The zero-order chi connectivity index (χ0) is 37.8. The Kier molecular flexibility index (Phi) is 15.6. The molecule has 0 spiro atoms. The summed E-state index contributed by atoms with van der Waals surface area (Å²) in [6.45, 7) is 1.98. The summed E-state index contributed by atoms with van der Waals surface area (Å²) in [6, 6.07) is 2.34. The van der Waals surface area contributed by atoms with Crippen LogP contribution in [0.2, 0.25) is 0 Å². The SMILES string of the molecule is Nc1c(S(=O)(=O)[O-])cc2c3c(cc(S(=O)(=O)[O-])cc13)C(=O)N(CCCCCNC(=O)C([NH3+])CCCCNCCCCC1SCC3NC(=O)NC31)C2=O.[K+]. The standard InChI is InChI=1S/C32H45N7O10S3.K/c33-22(8-2-5-10-35-11-6-3-9-24-28-23(17-50-24)37-32(43)38-28)29(40)36-12-4-1-7-13-39-30(41)20-15-18(51(44,45)46)14-19-26(20)21(31(39)42)16-25(27(19)34)52(47,48)49;/h14-16,22-24,28,35H,1-13,17,33-34H2,(H,36,40)(H2,37,38,43)(H,44,45,46)(H,47,48,49);/q;+1/p-1. The molecule has 3 aliphatic heterocycles. The molecule has 3 heterocycles. The van der Waals surface area contributed by atoms with Crippen molar-refractivity contribution in [2.75, 3.05) is 37.7 Å². The Morgan fingerprint density at radius 1 is 0.925 bits per heavy atom. The Balaban J connectivity index is 0.00000627. The van der Waals surface area contributed by atoms with Crippen molar-refractivity contribution in [3.05, 3.63) is 29.3 Å². The summed E-state index contributed by atoms with van der Waals surface area (Å²) in [5.41, 5.74) is 8.48. The number of unbranched alkanes of at least 4 members (excludes halogenated alkanes) is 4. The average Bonchev–Trinajstić information content (AvgIpc) is 3.63. The molecule has 3 aliphatic rings. The smallest absolute Gasteiger partial charge is 0.744 e. The van der Waals surface area contributed by atoms with E-state index in [2.05, 4.69) is 27.0 Å². The summed E-state index contributed by atoms with van der Waals surface area (Å²) < 4.78 is 71.1. The van der Waals surface area contributed by atoms with Crippen LogP contribution in [-0.2, 0) is 25.0 Å². The molecule has 0 radical (unpaired) electrons. The normalized spacial score (nSPS) is 20.2. The van der Waals surface area contributed by atoms with Gasteiger partial charge in [0.05, 0.1) is 33.1 Å². The molecule has 0 bridgehead atoms. The predicted octanol–water partition coefficient (Wildman–Crippen LogP) is -3.18. The van der Waals surface area contributed by atoms with E-state index < -0.39 is 53.6 Å². The first-order valence-corrected chi connectivity index (χ1v) is 21.1. The van der Waals surface area contributed by atoms with Gasteiger partial charge in [0.25, 0.3) is 17.7 Å². The van der Waals surface area contributed by atoms with E-state index in [1.165, 1.54) is 0 Å². The Morgan fingerprint density at radius 2 is 1.58 bits per heavy atom. The fourth-order valence-electron chi connectivity index (χ4n) is 6.87. The number of carbonyl (C=O) groups excluding carboxylic acids is 4. The monoisotopic (exact) mass is 821 g/mol. The molecule has 286 valence electrons. The second kappa shape index (κ2) is 18.8. The minimum absolute atomic E-state index is 0. The average molecular weight is 822 g/mol. The van der Waals surface area contributed by atoms with Gasteiger partial charge in [0.15, 0.2) is 6.04 Å². The molecule has 0 aromatic heterocycles. The number of amides is 5. The third-order valence-corrected chi connectivity index (χ3v) is 12.8. The van der Waals surface area contributed by atoms with Crippen LogP contribution in [0.4, 0.5) is 10.5 Å². The van der Waals surface area contributed by atoms with Gasteiger partial charge in [0.1, 0.15) is 20.2 Å². The van der Waals surface area contributed by atoms with Gasteiger partial charge in [0, 0.05) is 46.8 Å². The summed E-state index contributed by atoms with van der Waals surface area (Å²) >= 11 is 1.92. The Morgan fingerprint density at radius 3 is 2.26 bits per heavy atom. The zero-order valence-corrected chi connectivity index (χ0v) is 35.1. The number of carbonyl (C=O) groups is 4. The first-order valence-electron chi connectivity index (χ1n) is 17.3. The van der Waals surface area contributed by atoms with Crippen molar-refractivity contribution >= 4 is 72.2 Å². The number of nitrogen functional groups attached to an aromatic ring is 1. The van der Waals surface area contributed by atoms with Crippen molar-refractivity contribution in [1.82, 2.24) is 26.2 Å². The number of urea groups is 1. The van der Waals surface area contributed by atoms with E-state index in [1.54, 1.807) is 0 Å². The molecule has 4 atom stereocenters. The van der Waals surface area contributed by atoms with Crippen molar-refractivity contribution in [1.29, 1.82) is 0 Å². The number of quaternary nitrogens is 1. The maximum atomic E-state index is 13.3. The van der Waals surface area contributed by atoms with E-state index >= 15 is 0 Å². The molecule has 2 saturated heterocycles. The van der Waals surface area contributed by atoms with Gasteiger partial charge in [-0.25, -0.2) is 21.6 Å². The number of anilines is 1. The minimum Gasteiger partial charge on any atom is -0.744 e. The molecule has 2 aromatic carbocycles. The van der Waals surface area contributed by atoms with E-state index in [4.69, 9.17) is 5.73 Å². The fraction of sp³-hybridized carbons (Fsp3) is 0.562. The second-order valence-corrected chi connectivity index (χ2v) is 17.3. The van der Waals surface area contributed by atoms with Gasteiger partial charge in [-0.05, 0) is 76.2 Å². The van der Waals surface area contributed by atoms with Crippen LogP contribution >= 0.6 is 11.8 Å². The van der Waals surface area contributed by atoms with E-state index in [0.29, 0.717) is 37.5 Å². The minimum atomic E-state index is -5.22.